The molecule has 1 unspecified atom stereocenters. The van der Waals surface area contributed by atoms with Crippen molar-refractivity contribution in [2.75, 3.05) is 0 Å². The average Bonchev–Trinajstić information content (AvgIpc) is 2.84. The van der Waals surface area contributed by atoms with Crippen LogP contribution in [0.3, 0.4) is 0 Å². The molecule has 4 aromatic carbocycles. The van der Waals surface area contributed by atoms with E-state index in [-0.39, 0.29) is 6.42 Å². The highest BCUT2D eigenvalue weighted by Crippen LogP contribution is 2.23. The first-order chi connectivity index (χ1) is 16.0. The van der Waals surface area contributed by atoms with E-state index in [1.165, 1.54) is 0 Å². The number of hydrogen-bond donors (Lipinski definition) is 2. The van der Waals surface area contributed by atoms with Gasteiger partial charge in [0.15, 0.2) is 0 Å². The monoisotopic (exact) mass is 439 g/mol. The predicted molar refractivity (Wildman–Crippen MR) is 124 cm³/mol. The van der Waals surface area contributed by atoms with Crippen LogP contribution in [0.15, 0.2) is 97.1 Å². The van der Waals surface area contributed by atoms with Crippen LogP contribution in [0.5, 0.6) is 5.75 Å². The first-order valence-electron chi connectivity index (χ1n) is 10.4. The van der Waals surface area contributed by atoms with Crippen molar-refractivity contribution < 1.29 is 24.2 Å². The topological polar surface area (TPSA) is 92.7 Å². The number of fused-ring (bicyclic) bond motifs is 1. The van der Waals surface area contributed by atoms with Gasteiger partial charge >= 0.3 is 11.9 Å². The van der Waals surface area contributed by atoms with Crippen LogP contribution < -0.4 is 10.1 Å². The second-order valence-corrected chi connectivity index (χ2v) is 7.53. The maximum absolute atomic E-state index is 12.4. The van der Waals surface area contributed by atoms with E-state index in [0.717, 1.165) is 16.3 Å². The summed E-state index contributed by atoms with van der Waals surface area (Å²) in [6.45, 7) is 0. The Balaban J connectivity index is 1.47. The molecule has 0 radical (unpaired) electrons. The number of ether oxygens (including phenoxy) is 1. The lowest BCUT2D eigenvalue weighted by atomic mass is 10.0. The largest absolute Gasteiger partial charge is 0.480 e. The molecular weight excluding hydrogens is 418 g/mol. The van der Waals surface area contributed by atoms with E-state index in [1.807, 2.05) is 24.3 Å². The lowest BCUT2D eigenvalue weighted by Gasteiger charge is -2.15. The number of carbonyl (C=O) groups excluding carboxylic acids is 2. The quantitative estimate of drug-likeness (QED) is 0.327. The molecule has 0 bridgehead atoms. The third-order valence-electron chi connectivity index (χ3n) is 5.18. The fraction of sp³-hybridized carbons (Fsp3) is 0.0741. The molecule has 4 rings (SSSR count). The maximum atomic E-state index is 12.4. The van der Waals surface area contributed by atoms with Crippen molar-refractivity contribution in [3.05, 3.63) is 114 Å². The van der Waals surface area contributed by atoms with Gasteiger partial charge in [0.2, 0.25) is 0 Å². The van der Waals surface area contributed by atoms with Gasteiger partial charge in [-0.2, -0.15) is 0 Å². The first-order valence-corrected chi connectivity index (χ1v) is 10.4. The third kappa shape index (κ3) is 5.43. The molecular formula is C27H21NO5. The molecule has 6 heteroatoms. The minimum Gasteiger partial charge on any atom is -0.480 e. The van der Waals surface area contributed by atoms with Crippen molar-refractivity contribution in [1.82, 2.24) is 5.32 Å². The van der Waals surface area contributed by atoms with Gasteiger partial charge in [-0.1, -0.05) is 60.7 Å². The molecule has 1 amide bonds. The summed E-state index contributed by atoms with van der Waals surface area (Å²) in [6.07, 6.45) is 0.134. The van der Waals surface area contributed by atoms with Gasteiger partial charge in [0.1, 0.15) is 11.8 Å². The Morgan fingerprint density at radius 2 is 1.36 bits per heavy atom. The van der Waals surface area contributed by atoms with Crippen LogP contribution in [0, 0.1) is 0 Å². The average molecular weight is 439 g/mol. The zero-order valence-electron chi connectivity index (χ0n) is 17.6. The van der Waals surface area contributed by atoms with E-state index in [0.29, 0.717) is 16.9 Å². The summed E-state index contributed by atoms with van der Waals surface area (Å²) < 4.78 is 5.46. The molecule has 6 nitrogen and oxygen atoms in total. The number of hydrogen-bond acceptors (Lipinski definition) is 4. The molecule has 0 aromatic heterocycles. The first kappa shape index (κ1) is 21.8. The van der Waals surface area contributed by atoms with Crippen molar-refractivity contribution in [2.24, 2.45) is 0 Å². The molecule has 4 aromatic rings. The van der Waals surface area contributed by atoms with Crippen molar-refractivity contribution in [3.8, 4) is 5.75 Å². The van der Waals surface area contributed by atoms with Gasteiger partial charge in [-0.25, -0.2) is 9.59 Å². The minimum absolute atomic E-state index is 0.134. The van der Waals surface area contributed by atoms with Gasteiger partial charge < -0.3 is 15.2 Å². The van der Waals surface area contributed by atoms with Crippen LogP contribution in [0.2, 0.25) is 0 Å². The standard InChI is InChI=1S/C27H21NO5/c29-25(19-7-3-1-4-8-19)28-24(26(30)31)16-18-11-12-22-17-23(14-13-21(22)15-18)33-27(32)20-9-5-2-6-10-20/h1-15,17,24H,16H2,(H,28,29)(H,30,31). The molecule has 0 aliphatic carbocycles. The summed E-state index contributed by atoms with van der Waals surface area (Å²) in [4.78, 5) is 36.4. The van der Waals surface area contributed by atoms with Gasteiger partial charge in [0.25, 0.3) is 5.91 Å². The molecule has 1 atom stereocenters. The second kappa shape index (κ2) is 9.78. The summed E-state index contributed by atoms with van der Waals surface area (Å²) in [6, 6.07) is 26.9. The van der Waals surface area contributed by atoms with Gasteiger partial charge in [-0.05, 0) is 52.7 Å². The van der Waals surface area contributed by atoms with E-state index < -0.39 is 23.9 Å². The highest BCUT2D eigenvalue weighted by Gasteiger charge is 2.21. The van der Waals surface area contributed by atoms with Crippen LogP contribution in [0.25, 0.3) is 10.8 Å². The number of nitrogens with one attached hydrogen (secondary N) is 1. The highest BCUT2D eigenvalue weighted by atomic mass is 16.5. The van der Waals surface area contributed by atoms with Gasteiger partial charge in [-0.15, -0.1) is 0 Å². The van der Waals surface area contributed by atoms with E-state index in [4.69, 9.17) is 4.74 Å². The van der Waals surface area contributed by atoms with E-state index in [1.54, 1.807) is 72.8 Å². The van der Waals surface area contributed by atoms with E-state index in [2.05, 4.69) is 5.32 Å². The molecule has 33 heavy (non-hydrogen) atoms. The number of esters is 1. The minimum atomic E-state index is -1.11. The zero-order valence-corrected chi connectivity index (χ0v) is 17.6. The molecule has 0 heterocycles. The molecule has 0 aliphatic rings. The molecule has 0 fully saturated rings. The van der Waals surface area contributed by atoms with Gasteiger partial charge in [-0.3, -0.25) is 4.79 Å². The fourth-order valence-corrected chi connectivity index (χ4v) is 3.47. The van der Waals surface area contributed by atoms with E-state index >= 15 is 0 Å². The zero-order chi connectivity index (χ0) is 23.2. The molecule has 164 valence electrons. The highest BCUT2D eigenvalue weighted by molar-refractivity contribution is 5.96. The van der Waals surface area contributed by atoms with Crippen molar-refractivity contribution >= 4 is 28.6 Å². The Hall–Kier alpha value is -4.45. The Bertz CT molecular complexity index is 1300. The number of benzene rings is 4. The summed E-state index contributed by atoms with van der Waals surface area (Å²) in [7, 11) is 0. The lowest BCUT2D eigenvalue weighted by molar-refractivity contribution is -0.139. The summed E-state index contributed by atoms with van der Waals surface area (Å²) in [5.41, 5.74) is 1.63. The fourth-order valence-electron chi connectivity index (χ4n) is 3.47. The number of rotatable bonds is 7. The summed E-state index contributed by atoms with van der Waals surface area (Å²) in [5.74, 6) is -1.57. The Kier molecular flexibility index (Phi) is 6.45. The van der Waals surface area contributed by atoms with Crippen LogP contribution in [-0.4, -0.2) is 29.0 Å². The Labute approximate surface area is 190 Å². The molecule has 0 aliphatic heterocycles. The number of carbonyl (C=O) groups is 3. The second-order valence-electron chi connectivity index (χ2n) is 7.53. The lowest BCUT2D eigenvalue weighted by Crippen LogP contribution is -2.42. The van der Waals surface area contributed by atoms with Gasteiger partial charge in [0, 0.05) is 12.0 Å². The summed E-state index contributed by atoms with van der Waals surface area (Å²) in [5, 5.41) is 13.9. The molecule has 0 spiro atoms. The number of amides is 1. The van der Waals surface area contributed by atoms with Crippen molar-refractivity contribution in [2.45, 2.75) is 12.5 Å². The molecule has 2 N–H and O–H groups in total. The van der Waals surface area contributed by atoms with Crippen LogP contribution in [0.4, 0.5) is 0 Å². The van der Waals surface area contributed by atoms with Crippen LogP contribution in [-0.2, 0) is 11.2 Å². The Morgan fingerprint density at radius 1 is 0.758 bits per heavy atom. The van der Waals surface area contributed by atoms with Crippen molar-refractivity contribution in [1.29, 1.82) is 0 Å². The number of aliphatic carboxylic acids is 1. The van der Waals surface area contributed by atoms with Crippen LogP contribution in [0.1, 0.15) is 26.3 Å². The number of carboxylic acid groups (broad SMARTS) is 1. The number of carboxylic acids is 1. The third-order valence-corrected chi connectivity index (χ3v) is 5.18. The molecule has 0 saturated heterocycles. The van der Waals surface area contributed by atoms with Gasteiger partial charge in [0.05, 0.1) is 5.56 Å². The normalized spacial score (nSPS) is 11.5. The smallest absolute Gasteiger partial charge is 0.343 e. The predicted octanol–water partition coefficient (Wildman–Crippen LogP) is 4.48. The van der Waals surface area contributed by atoms with Crippen LogP contribution >= 0.6 is 0 Å². The maximum Gasteiger partial charge on any atom is 0.343 e. The van der Waals surface area contributed by atoms with Crippen molar-refractivity contribution in [3.63, 3.8) is 0 Å². The summed E-state index contributed by atoms with van der Waals surface area (Å²) >= 11 is 0. The Morgan fingerprint density at radius 3 is 2.03 bits per heavy atom. The SMILES string of the molecule is O=C(NC(Cc1ccc2cc(OC(=O)c3ccccc3)ccc2c1)C(=O)O)c1ccccc1. The molecule has 0 saturated carbocycles. The van der Waals surface area contributed by atoms with E-state index in [9.17, 15) is 19.5 Å².